The van der Waals surface area contributed by atoms with E-state index in [-0.39, 0.29) is 30.0 Å². The predicted molar refractivity (Wildman–Crippen MR) is 141 cm³/mol. The lowest BCUT2D eigenvalue weighted by atomic mass is 10.0. The summed E-state index contributed by atoms with van der Waals surface area (Å²) in [5.41, 5.74) is 6.92. The molecular weight excluding hydrogens is 458 g/mol. The number of nitrogens with one attached hydrogen (secondary N) is 1. The van der Waals surface area contributed by atoms with Crippen LogP contribution in [0.4, 0.5) is 17.1 Å². The number of fused-ring (bicyclic) bond motifs is 2. The molecule has 1 fully saturated rings. The largest absolute Gasteiger partial charge is 0.325 e. The van der Waals surface area contributed by atoms with Gasteiger partial charge in [0.2, 0.25) is 16.7 Å². The minimum Gasteiger partial charge on any atom is -0.325 e. The molecule has 5 rings (SSSR count). The summed E-state index contributed by atoms with van der Waals surface area (Å²) < 4.78 is 0. The van der Waals surface area contributed by atoms with Crippen LogP contribution in [-0.4, -0.2) is 30.0 Å². The van der Waals surface area contributed by atoms with Gasteiger partial charge in [0.25, 0.3) is 5.91 Å². The minimum atomic E-state index is -1.23. The van der Waals surface area contributed by atoms with Gasteiger partial charge in [0.1, 0.15) is 6.54 Å². The van der Waals surface area contributed by atoms with Gasteiger partial charge in [0, 0.05) is 16.9 Å². The highest BCUT2D eigenvalue weighted by Gasteiger charge is 2.61. The molecule has 0 aromatic heterocycles. The Bertz CT molecular complexity index is 1350. The Morgan fingerprint density at radius 3 is 2.17 bits per heavy atom. The molecule has 3 amide bonds. The molecule has 0 saturated carbocycles. The zero-order valence-corrected chi connectivity index (χ0v) is 21.0. The fourth-order valence-electron chi connectivity index (χ4n) is 5.18. The van der Waals surface area contributed by atoms with Crippen LogP contribution < -0.4 is 15.1 Å². The SMILES string of the molecule is Cc1cc(C)cc(NC(=O)CN2C(=O)[C@]3(SCC(=O)N3c3cc(C)cc(C)c3)c3ccccc32)c1. The van der Waals surface area contributed by atoms with Gasteiger partial charge in [-0.05, 0) is 80.3 Å². The van der Waals surface area contributed by atoms with Crippen molar-refractivity contribution >= 4 is 46.5 Å². The Morgan fingerprint density at radius 1 is 0.914 bits per heavy atom. The van der Waals surface area contributed by atoms with E-state index in [0.29, 0.717) is 17.1 Å². The first-order valence-corrected chi connectivity index (χ1v) is 12.5. The highest BCUT2D eigenvalue weighted by molar-refractivity contribution is 8.02. The molecule has 0 bridgehead atoms. The molecule has 0 unspecified atom stereocenters. The summed E-state index contributed by atoms with van der Waals surface area (Å²) >= 11 is 1.32. The molecule has 1 atom stereocenters. The fourth-order valence-corrected chi connectivity index (χ4v) is 6.54. The molecule has 35 heavy (non-hydrogen) atoms. The van der Waals surface area contributed by atoms with Crippen molar-refractivity contribution in [2.75, 3.05) is 27.4 Å². The fraction of sp³-hybridized carbons (Fsp3) is 0.250. The maximum Gasteiger partial charge on any atom is 0.269 e. The summed E-state index contributed by atoms with van der Waals surface area (Å²) in [7, 11) is 0. The Morgan fingerprint density at radius 2 is 1.51 bits per heavy atom. The molecule has 3 aromatic carbocycles. The zero-order chi connectivity index (χ0) is 24.9. The van der Waals surface area contributed by atoms with E-state index in [2.05, 4.69) is 5.32 Å². The van der Waals surface area contributed by atoms with E-state index in [4.69, 9.17) is 0 Å². The van der Waals surface area contributed by atoms with Crippen molar-refractivity contribution in [3.05, 3.63) is 88.5 Å². The summed E-state index contributed by atoms with van der Waals surface area (Å²) in [5, 5.41) is 2.93. The van der Waals surface area contributed by atoms with Gasteiger partial charge in [-0.1, -0.05) is 30.3 Å². The molecule has 0 radical (unpaired) electrons. The molecule has 3 aromatic rings. The molecule has 178 valence electrons. The number of nitrogens with zero attached hydrogens (tertiary/aromatic N) is 2. The number of aryl methyl sites for hydroxylation is 4. The van der Waals surface area contributed by atoms with E-state index in [9.17, 15) is 14.4 Å². The molecule has 2 aliphatic rings. The number of thioether (sulfide) groups is 1. The normalized spacial score (nSPS) is 19.0. The third kappa shape index (κ3) is 3.90. The lowest BCUT2D eigenvalue weighted by Crippen LogP contribution is -2.51. The topological polar surface area (TPSA) is 69.7 Å². The quantitative estimate of drug-likeness (QED) is 0.574. The van der Waals surface area contributed by atoms with Crippen molar-refractivity contribution in [1.82, 2.24) is 0 Å². The van der Waals surface area contributed by atoms with Crippen molar-refractivity contribution in [3.63, 3.8) is 0 Å². The second-order valence-electron chi connectivity index (χ2n) is 9.34. The van der Waals surface area contributed by atoms with Crippen LogP contribution in [0, 0.1) is 27.7 Å². The zero-order valence-electron chi connectivity index (χ0n) is 20.2. The summed E-state index contributed by atoms with van der Waals surface area (Å²) in [6.45, 7) is 7.76. The predicted octanol–water partition coefficient (Wildman–Crippen LogP) is 4.84. The van der Waals surface area contributed by atoms with Gasteiger partial charge < -0.3 is 5.32 Å². The number of carbonyl (C=O) groups excluding carboxylic acids is 3. The van der Waals surface area contributed by atoms with Gasteiger partial charge in [0.05, 0.1) is 11.4 Å². The second kappa shape index (κ2) is 8.57. The van der Waals surface area contributed by atoms with Gasteiger partial charge in [-0.25, -0.2) is 0 Å². The first kappa shape index (κ1) is 23.2. The third-order valence-electron chi connectivity index (χ3n) is 6.34. The number of benzene rings is 3. The monoisotopic (exact) mass is 485 g/mol. The molecule has 6 nitrogen and oxygen atoms in total. The molecule has 2 aliphatic heterocycles. The lowest BCUT2D eigenvalue weighted by Gasteiger charge is -2.33. The van der Waals surface area contributed by atoms with Gasteiger partial charge in [-0.2, -0.15) is 0 Å². The van der Waals surface area contributed by atoms with Crippen LogP contribution in [0.15, 0.2) is 60.7 Å². The molecule has 2 heterocycles. The second-order valence-corrected chi connectivity index (χ2v) is 10.5. The van der Waals surface area contributed by atoms with Crippen LogP contribution >= 0.6 is 11.8 Å². The maximum atomic E-state index is 14.1. The molecular formula is C28H27N3O3S. The smallest absolute Gasteiger partial charge is 0.269 e. The van der Waals surface area contributed by atoms with Crippen LogP contribution in [0.5, 0.6) is 0 Å². The highest BCUT2D eigenvalue weighted by Crippen LogP contribution is 2.55. The van der Waals surface area contributed by atoms with Crippen LogP contribution in [-0.2, 0) is 19.3 Å². The maximum absolute atomic E-state index is 14.1. The average Bonchev–Trinajstić information content (AvgIpc) is 3.23. The number of anilines is 3. The van der Waals surface area contributed by atoms with Crippen LogP contribution in [0.25, 0.3) is 0 Å². The van der Waals surface area contributed by atoms with E-state index < -0.39 is 4.87 Å². The average molecular weight is 486 g/mol. The molecule has 1 N–H and O–H groups in total. The number of hydrogen-bond donors (Lipinski definition) is 1. The number of carbonyl (C=O) groups is 3. The molecule has 1 spiro atoms. The van der Waals surface area contributed by atoms with E-state index in [0.717, 1.165) is 27.8 Å². The first-order chi connectivity index (χ1) is 16.7. The minimum absolute atomic E-state index is 0.121. The highest BCUT2D eigenvalue weighted by atomic mass is 32.2. The van der Waals surface area contributed by atoms with Gasteiger partial charge >= 0.3 is 0 Å². The van der Waals surface area contributed by atoms with Crippen molar-refractivity contribution in [2.24, 2.45) is 0 Å². The number of amides is 3. The first-order valence-electron chi connectivity index (χ1n) is 11.5. The van der Waals surface area contributed by atoms with E-state index in [1.165, 1.54) is 16.7 Å². The molecule has 0 aliphatic carbocycles. The van der Waals surface area contributed by atoms with Crippen LogP contribution in [0.3, 0.4) is 0 Å². The summed E-state index contributed by atoms with van der Waals surface area (Å²) in [6, 6.07) is 19.2. The van der Waals surface area contributed by atoms with Gasteiger partial charge in [-0.3, -0.25) is 24.2 Å². The van der Waals surface area contributed by atoms with Crippen molar-refractivity contribution in [2.45, 2.75) is 32.6 Å². The van der Waals surface area contributed by atoms with Gasteiger partial charge in [-0.15, -0.1) is 11.8 Å². The lowest BCUT2D eigenvalue weighted by molar-refractivity contribution is -0.124. The van der Waals surface area contributed by atoms with E-state index in [1.807, 2.05) is 88.4 Å². The third-order valence-corrected chi connectivity index (χ3v) is 7.72. The van der Waals surface area contributed by atoms with E-state index in [1.54, 1.807) is 4.90 Å². The Hall–Kier alpha value is -3.58. The van der Waals surface area contributed by atoms with E-state index >= 15 is 0 Å². The standard InChI is InChI=1S/C28H27N3O3S/c1-17-9-18(2)12-21(11-17)29-25(32)15-30-24-8-6-5-7-23(24)28(27(30)34)31(26(33)16-35-28)22-13-19(3)10-20(4)14-22/h5-14H,15-16H2,1-4H3,(H,29,32)/t28-/m1/s1. The van der Waals surface area contributed by atoms with Crippen LogP contribution in [0.1, 0.15) is 27.8 Å². The summed E-state index contributed by atoms with van der Waals surface area (Å²) in [6.07, 6.45) is 0. The van der Waals surface area contributed by atoms with Crippen LogP contribution in [0.2, 0.25) is 0 Å². The Labute approximate surface area is 209 Å². The van der Waals surface area contributed by atoms with Crippen molar-refractivity contribution in [1.29, 1.82) is 0 Å². The number of para-hydroxylation sites is 1. The van der Waals surface area contributed by atoms with Crippen molar-refractivity contribution < 1.29 is 14.4 Å². The summed E-state index contributed by atoms with van der Waals surface area (Å²) in [4.78, 5) is 42.3. The van der Waals surface area contributed by atoms with Crippen molar-refractivity contribution in [3.8, 4) is 0 Å². The Balaban J connectivity index is 1.52. The number of hydrogen-bond acceptors (Lipinski definition) is 4. The summed E-state index contributed by atoms with van der Waals surface area (Å²) in [5.74, 6) is -0.494. The Kier molecular flexibility index (Phi) is 5.68. The van der Waals surface area contributed by atoms with Gasteiger partial charge in [0.15, 0.2) is 0 Å². The molecule has 7 heteroatoms. The number of rotatable bonds is 4. The molecule has 1 saturated heterocycles.